The lowest BCUT2D eigenvalue weighted by Gasteiger charge is -2.07. The first kappa shape index (κ1) is 11.3. The summed E-state index contributed by atoms with van der Waals surface area (Å²) in [6.07, 6.45) is 1.75. The third-order valence-electron chi connectivity index (χ3n) is 1.89. The molecule has 1 aromatic carbocycles. The molecule has 0 aliphatic heterocycles. The number of rotatable bonds is 3. The molecule has 0 fully saturated rings. The average molecular weight is 206 g/mol. The van der Waals surface area contributed by atoms with E-state index < -0.39 is 0 Å². The Labute approximate surface area is 89.3 Å². The van der Waals surface area contributed by atoms with Gasteiger partial charge in [-0.1, -0.05) is 0 Å². The highest BCUT2D eigenvalue weighted by Gasteiger charge is 2.04. The Morgan fingerprint density at radius 1 is 1.27 bits per heavy atom. The van der Waals surface area contributed by atoms with Gasteiger partial charge in [0.2, 0.25) is 0 Å². The fourth-order valence-electron chi connectivity index (χ4n) is 1.19. The van der Waals surface area contributed by atoms with Crippen LogP contribution < -0.4 is 4.74 Å². The van der Waals surface area contributed by atoms with E-state index in [1.165, 1.54) is 6.92 Å². The van der Waals surface area contributed by atoms with E-state index in [2.05, 4.69) is 0 Å². The van der Waals surface area contributed by atoms with Crippen LogP contribution in [0.1, 0.15) is 19.4 Å². The zero-order valence-electron chi connectivity index (χ0n) is 9.11. The first-order valence-corrected chi connectivity index (χ1v) is 4.66. The summed E-state index contributed by atoms with van der Waals surface area (Å²) in [4.78, 5) is 10.8. The molecule has 0 atom stereocenters. The second-order valence-electron chi connectivity index (χ2n) is 2.98. The van der Waals surface area contributed by atoms with Gasteiger partial charge in [0, 0.05) is 12.5 Å². The van der Waals surface area contributed by atoms with E-state index >= 15 is 0 Å². The first-order valence-electron chi connectivity index (χ1n) is 4.66. The SMILES string of the molecule is CC=C(OC(C)=O)c1ccc(OC)cc1. The Kier molecular flexibility index (Phi) is 3.92. The highest BCUT2D eigenvalue weighted by atomic mass is 16.5. The number of hydrogen-bond donors (Lipinski definition) is 0. The van der Waals surface area contributed by atoms with E-state index in [1.807, 2.05) is 31.2 Å². The van der Waals surface area contributed by atoms with E-state index in [1.54, 1.807) is 13.2 Å². The fraction of sp³-hybridized carbons (Fsp3) is 0.250. The lowest BCUT2D eigenvalue weighted by atomic mass is 10.2. The van der Waals surface area contributed by atoms with Crippen LogP contribution in [0.15, 0.2) is 30.3 Å². The summed E-state index contributed by atoms with van der Waals surface area (Å²) in [6, 6.07) is 7.33. The molecule has 3 nitrogen and oxygen atoms in total. The Bertz CT molecular complexity index is 363. The van der Waals surface area contributed by atoms with Gasteiger partial charge < -0.3 is 9.47 Å². The predicted molar refractivity (Wildman–Crippen MR) is 58.4 cm³/mol. The van der Waals surface area contributed by atoms with Crippen molar-refractivity contribution in [1.82, 2.24) is 0 Å². The van der Waals surface area contributed by atoms with Crippen LogP contribution in [0.5, 0.6) is 5.75 Å². The number of methoxy groups -OCH3 is 1. The molecule has 0 saturated heterocycles. The molecule has 0 amide bonds. The molecule has 0 radical (unpaired) electrons. The van der Waals surface area contributed by atoms with Gasteiger partial charge in [-0.15, -0.1) is 0 Å². The summed E-state index contributed by atoms with van der Waals surface area (Å²) < 4.78 is 10.1. The van der Waals surface area contributed by atoms with Crippen LogP contribution in [0.25, 0.3) is 5.76 Å². The quantitative estimate of drug-likeness (QED) is 0.563. The molecule has 1 aromatic rings. The Balaban J connectivity index is 2.89. The van der Waals surface area contributed by atoms with E-state index in [0.29, 0.717) is 5.76 Å². The van der Waals surface area contributed by atoms with Gasteiger partial charge in [-0.2, -0.15) is 0 Å². The van der Waals surface area contributed by atoms with Gasteiger partial charge in [-0.25, -0.2) is 0 Å². The number of esters is 1. The molecule has 3 heteroatoms. The number of ether oxygens (including phenoxy) is 2. The number of allylic oxidation sites excluding steroid dienone is 1. The molecule has 1 rings (SSSR count). The van der Waals surface area contributed by atoms with Crippen LogP contribution in [-0.2, 0) is 9.53 Å². The van der Waals surface area contributed by atoms with Gasteiger partial charge in [-0.05, 0) is 37.3 Å². The fourth-order valence-corrected chi connectivity index (χ4v) is 1.19. The minimum Gasteiger partial charge on any atom is -0.497 e. The Morgan fingerprint density at radius 3 is 2.27 bits per heavy atom. The lowest BCUT2D eigenvalue weighted by Crippen LogP contribution is -1.98. The van der Waals surface area contributed by atoms with Crippen molar-refractivity contribution in [2.24, 2.45) is 0 Å². The highest BCUT2D eigenvalue weighted by molar-refractivity contribution is 5.76. The van der Waals surface area contributed by atoms with Crippen LogP contribution in [0.4, 0.5) is 0 Å². The van der Waals surface area contributed by atoms with Crippen molar-refractivity contribution in [2.45, 2.75) is 13.8 Å². The maximum atomic E-state index is 10.8. The van der Waals surface area contributed by atoms with Crippen LogP contribution >= 0.6 is 0 Å². The minimum atomic E-state index is -0.320. The second kappa shape index (κ2) is 5.20. The summed E-state index contributed by atoms with van der Waals surface area (Å²) >= 11 is 0. The van der Waals surface area contributed by atoms with Crippen molar-refractivity contribution < 1.29 is 14.3 Å². The van der Waals surface area contributed by atoms with Gasteiger partial charge in [0.15, 0.2) is 0 Å². The summed E-state index contributed by atoms with van der Waals surface area (Å²) in [5.41, 5.74) is 0.855. The lowest BCUT2D eigenvalue weighted by molar-refractivity contribution is -0.134. The van der Waals surface area contributed by atoms with Crippen molar-refractivity contribution in [2.75, 3.05) is 7.11 Å². The van der Waals surface area contributed by atoms with Gasteiger partial charge in [0.05, 0.1) is 7.11 Å². The normalized spacial score (nSPS) is 11.0. The Morgan fingerprint density at radius 2 is 1.87 bits per heavy atom. The molecule has 0 saturated carbocycles. The first-order chi connectivity index (χ1) is 7.17. The van der Waals surface area contributed by atoms with Gasteiger partial charge in [0.1, 0.15) is 11.5 Å². The smallest absolute Gasteiger partial charge is 0.308 e. The number of carbonyl (C=O) groups excluding carboxylic acids is 1. The monoisotopic (exact) mass is 206 g/mol. The molecule has 80 valence electrons. The summed E-state index contributed by atoms with van der Waals surface area (Å²) in [5, 5.41) is 0. The zero-order valence-corrected chi connectivity index (χ0v) is 9.11. The molecule has 0 heterocycles. The van der Waals surface area contributed by atoms with Gasteiger partial charge in [0.25, 0.3) is 0 Å². The average Bonchev–Trinajstić information content (AvgIpc) is 2.26. The zero-order chi connectivity index (χ0) is 11.3. The van der Waals surface area contributed by atoms with Gasteiger partial charge in [-0.3, -0.25) is 4.79 Å². The van der Waals surface area contributed by atoms with Crippen LogP contribution in [-0.4, -0.2) is 13.1 Å². The van der Waals surface area contributed by atoms with Crippen molar-refractivity contribution in [1.29, 1.82) is 0 Å². The third kappa shape index (κ3) is 3.13. The minimum absolute atomic E-state index is 0.320. The summed E-state index contributed by atoms with van der Waals surface area (Å²) in [5.74, 6) is 1.01. The predicted octanol–water partition coefficient (Wildman–Crippen LogP) is 2.62. The molecular formula is C12H14O3. The maximum absolute atomic E-state index is 10.8. The van der Waals surface area contributed by atoms with Crippen LogP contribution in [0.2, 0.25) is 0 Å². The van der Waals surface area contributed by atoms with Crippen molar-refractivity contribution in [3.8, 4) is 5.75 Å². The second-order valence-corrected chi connectivity index (χ2v) is 2.98. The van der Waals surface area contributed by atoms with E-state index in [9.17, 15) is 4.79 Å². The van der Waals surface area contributed by atoms with Gasteiger partial charge >= 0.3 is 5.97 Å². The summed E-state index contributed by atoms with van der Waals surface area (Å²) in [6.45, 7) is 3.20. The molecule has 0 aliphatic carbocycles. The van der Waals surface area contributed by atoms with E-state index in [4.69, 9.17) is 9.47 Å². The standard InChI is InChI=1S/C12H14O3/c1-4-12(15-9(2)13)10-5-7-11(14-3)8-6-10/h4-8H,1-3H3. The van der Waals surface area contributed by atoms with Crippen molar-refractivity contribution in [3.63, 3.8) is 0 Å². The van der Waals surface area contributed by atoms with Crippen LogP contribution in [0.3, 0.4) is 0 Å². The topological polar surface area (TPSA) is 35.5 Å². The maximum Gasteiger partial charge on any atom is 0.308 e. The van der Waals surface area contributed by atoms with Crippen LogP contribution in [0, 0.1) is 0 Å². The molecule has 0 bridgehead atoms. The molecular weight excluding hydrogens is 192 g/mol. The molecule has 0 aromatic heterocycles. The third-order valence-corrected chi connectivity index (χ3v) is 1.89. The van der Waals surface area contributed by atoms with E-state index in [-0.39, 0.29) is 5.97 Å². The largest absolute Gasteiger partial charge is 0.497 e. The number of carbonyl (C=O) groups is 1. The molecule has 0 aliphatic rings. The Hall–Kier alpha value is -1.77. The highest BCUT2D eigenvalue weighted by Crippen LogP contribution is 2.19. The molecule has 0 unspecified atom stereocenters. The number of benzene rings is 1. The summed E-state index contributed by atoms with van der Waals surface area (Å²) in [7, 11) is 1.61. The molecule has 0 N–H and O–H groups in total. The van der Waals surface area contributed by atoms with Crippen molar-refractivity contribution >= 4 is 11.7 Å². The molecule has 15 heavy (non-hydrogen) atoms. The van der Waals surface area contributed by atoms with Crippen molar-refractivity contribution in [3.05, 3.63) is 35.9 Å². The number of hydrogen-bond acceptors (Lipinski definition) is 3. The van der Waals surface area contributed by atoms with E-state index in [0.717, 1.165) is 11.3 Å². The molecule has 0 spiro atoms.